The number of nitrogens with two attached hydrogens (primary N) is 3. The van der Waals surface area contributed by atoms with Crippen LogP contribution in [-0.4, -0.2) is 139 Å². The lowest BCUT2D eigenvalue weighted by Gasteiger charge is -2.13. The Hall–Kier alpha value is -16.9. The van der Waals surface area contributed by atoms with Gasteiger partial charge < -0.3 is 59.2 Å². The maximum atomic E-state index is 6.18. The van der Waals surface area contributed by atoms with E-state index in [4.69, 9.17) is 118 Å². The summed E-state index contributed by atoms with van der Waals surface area (Å²) < 4.78 is 42.5. The van der Waals surface area contributed by atoms with Gasteiger partial charge in [-0.25, -0.2) is 59.8 Å². The number of furan rings is 6. The number of hydrogen-bond acceptors (Lipinski definition) is 30. The van der Waals surface area contributed by atoms with Gasteiger partial charge in [0.05, 0.1) is 58.2 Å². The second-order valence-electron chi connectivity index (χ2n) is 30.2. The van der Waals surface area contributed by atoms with Gasteiger partial charge in [0.15, 0.2) is 68.4 Å². The third-order valence-electron chi connectivity index (χ3n) is 21.0. The highest BCUT2D eigenvalue weighted by molar-refractivity contribution is 6.33. The Morgan fingerprint density at radius 1 is 0.311 bits per heavy atom. The number of fused-ring (bicyclic) bond motifs is 19. The number of hydrogen-bond donors (Lipinski definition) is 5. The first-order valence-corrected chi connectivity index (χ1v) is 43.2. The average molecular weight is 1910 g/mol. The van der Waals surface area contributed by atoms with Crippen LogP contribution >= 0.6 is 69.6 Å². The van der Waals surface area contributed by atoms with Gasteiger partial charge in [0.25, 0.3) is 0 Å². The van der Waals surface area contributed by atoms with Crippen molar-refractivity contribution < 1.29 is 26.5 Å². The molecule has 0 aliphatic carbocycles. The maximum Gasteiger partial charge on any atom is 0.231 e. The summed E-state index contributed by atoms with van der Waals surface area (Å²) in [5, 5.41) is 42.6. The molecule has 18 heterocycles. The Bertz CT molecular complexity index is 8990. The van der Waals surface area contributed by atoms with Gasteiger partial charge in [-0.3, -0.25) is 0 Å². The first kappa shape index (κ1) is 84.9. The molecule has 0 spiro atoms. The summed E-state index contributed by atoms with van der Waals surface area (Å²) in [5.74, 6) is 9.93. The lowest BCUT2D eigenvalue weighted by molar-refractivity contribution is 0.544. The van der Waals surface area contributed by atoms with E-state index in [-0.39, 0.29) is 17.8 Å². The number of nitrogens with zero attached hydrogens (tertiary/aromatic N) is 25. The number of nitrogen functional groups attached to an aromatic ring is 3. The van der Waals surface area contributed by atoms with E-state index in [1.165, 1.54) is 13.5 Å². The Morgan fingerprint density at radius 3 is 1.09 bits per heavy atom. The summed E-state index contributed by atoms with van der Waals surface area (Å²) in [5.41, 5.74) is 28.9. The van der Waals surface area contributed by atoms with E-state index in [1.807, 2.05) is 185 Å². The zero-order valence-electron chi connectivity index (χ0n) is 70.8. The summed E-state index contributed by atoms with van der Waals surface area (Å²) in [6.07, 6.45) is 6.39. The van der Waals surface area contributed by atoms with Crippen LogP contribution in [0.1, 0.15) is 11.3 Å². The van der Waals surface area contributed by atoms with Gasteiger partial charge in [-0.15, -0.1) is 30.6 Å². The van der Waals surface area contributed by atoms with Crippen molar-refractivity contribution in [3.63, 3.8) is 0 Å². The smallest absolute Gasteiger partial charge is 0.231 e. The first-order valence-electron chi connectivity index (χ1n) is 40.9. The number of anilines is 7. The van der Waals surface area contributed by atoms with Crippen LogP contribution in [-0.2, 0) is 0 Å². The van der Waals surface area contributed by atoms with Crippen molar-refractivity contribution in [2.45, 2.75) is 13.8 Å². The fraction of sp³-hybridized carbons (Fsp3) is 0.0538. The molecule has 135 heavy (non-hydrogen) atoms. The number of rotatable bonds is 10. The van der Waals surface area contributed by atoms with Crippen LogP contribution in [0.15, 0.2) is 276 Å². The Morgan fingerprint density at radius 2 is 0.681 bits per heavy atom. The molecule has 0 fully saturated rings. The normalized spacial score (nSPS) is 11.5. The van der Waals surface area contributed by atoms with Crippen molar-refractivity contribution in [3.05, 3.63) is 291 Å². The molecule has 0 atom stereocenters. The van der Waals surface area contributed by atoms with Gasteiger partial charge >= 0.3 is 0 Å². The summed E-state index contributed by atoms with van der Waals surface area (Å²) in [4.78, 5) is 56.1. The molecule has 664 valence electrons. The predicted octanol–water partition coefficient (Wildman–Crippen LogP) is 21.5. The van der Waals surface area contributed by atoms with Crippen molar-refractivity contribution in [1.29, 1.82) is 0 Å². The van der Waals surface area contributed by atoms with Crippen LogP contribution in [0.25, 0.3) is 180 Å². The van der Waals surface area contributed by atoms with E-state index in [1.54, 1.807) is 118 Å². The van der Waals surface area contributed by atoms with Crippen molar-refractivity contribution >= 4 is 221 Å². The monoisotopic (exact) mass is 1910 g/mol. The van der Waals surface area contributed by atoms with Gasteiger partial charge in [0.1, 0.15) is 11.3 Å². The van der Waals surface area contributed by atoms with Crippen molar-refractivity contribution in [2.75, 3.05) is 53.9 Å². The molecule has 0 radical (unpaired) electrons. The van der Waals surface area contributed by atoms with E-state index < -0.39 is 0 Å². The molecule has 0 amide bonds. The molecule has 26 rings (SSSR count). The zero-order valence-corrected chi connectivity index (χ0v) is 75.3. The predicted molar refractivity (Wildman–Crippen MR) is 520 cm³/mol. The molecule has 0 aliphatic rings. The fourth-order valence-electron chi connectivity index (χ4n) is 14.8. The molecule has 8 aromatic carbocycles. The molecule has 42 heteroatoms. The standard InChI is InChI=1S/C19H12ClN5O.C17H10ClN5O.C15H12ClN5O.3C14H10ClN5O/c20-12-8-9-15-14(11-12)18-23-17(16-7-4-10-26-16)24-25(18)19(22-15)21-13-5-2-1-3-6-13;18-10-5-6-12-11(8-10)16-21-15(22-23(16)17(19)20-12)14-7-9-3-1-2-4-13(9)24-14;1-20(2)15-17-11-6-5-9(16)8-10(11)14-18-13(19-21(14)15)12-4-3-7-22-12;1-7-2-5-11(21-7)12-18-13-9-6-8(15)3-4-10(9)17-14(16)20(13)19-12;1-7-4-5-21-11(7)12-18-13-9-6-8(15)2-3-10(9)17-14(16)20(13)19-12;1-16-14-17-10-5-4-8(15)7-9(10)13-18-12(19-20(13)14)11-3-2-6-21-11/h1-11H,(H,21,22);1-8H,(H2,19,20);3-8H,1-2H3;2*2-6H,1H3,(H2,16,17);2-7H,1H3,(H,16,17). The highest BCUT2D eigenvalue weighted by Crippen LogP contribution is 2.37. The lowest BCUT2D eigenvalue weighted by atomic mass is 10.2. The number of halogens is 6. The third-order valence-corrected chi connectivity index (χ3v) is 22.4. The Kier molecular flexibility index (Phi) is 22.1. The van der Waals surface area contributed by atoms with Crippen molar-refractivity contribution in [2.24, 2.45) is 0 Å². The number of aromatic nitrogens is 24. The Labute approximate surface area is 788 Å². The molecule has 0 saturated carbocycles. The first-order chi connectivity index (χ1) is 65.6. The number of aryl methyl sites for hydroxylation is 2. The van der Waals surface area contributed by atoms with Crippen LogP contribution in [0.2, 0.25) is 30.1 Å². The van der Waals surface area contributed by atoms with E-state index in [9.17, 15) is 0 Å². The SMILES string of the molecule is CN(C)c1nc2ccc(Cl)cc2c2nc(-c3ccco3)nn12.CNc1nc2ccc(Cl)cc2c2nc(-c3ccco3)nn12.Cc1ccc(-c2nc3c4cc(Cl)ccc4nc(N)n3n2)o1.Cc1ccoc1-c1nc2c3cc(Cl)ccc3nc(N)n2n1.Clc1ccc2nc(Nc3ccccc3)n3nc(-c4ccco4)nc3c2c1.Nc1nc2ccc(Cl)cc2c2nc(-c3cc4ccccc4o3)nn12. The van der Waals surface area contributed by atoms with Crippen LogP contribution in [0, 0.1) is 13.8 Å². The van der Waals surface area contributed by atoms with Crippen molar-refractivity contribution in [3.8, 4) is 69.5 Å². The van der Waals surface area contributed by atoms with E-state index in [0.29, 0.717) is 157 Å². The van der Waals surface area contributed by atoms with Crippen LogP contribution in [0.5, 0.6) is 0 Å². The number of para-hydroxylation sites is 2. The van der Waals surface area contributed by atoms with E-state index >= 15 is 0 Å². The van der Waals surface area contributed by atoms with Crippen molar-refractivity contribution in [1.82, 2.24) is 117 Å². The second kappa shape index (κ2) is 35.1. The topological polar surface area (TPSA) is 443 Å². The molecule has 36 nitrogen and oxygen atoms in total. The maximum absolute atomic E-state index is 6.18. The van der Waals surface area contributed by atoms with Gasteiger partial charge in [0, 0.05) is 94.7 Å². The Balaban J connectivity index is 0.0000000972. The van der Waals surface area contributed by atoms with E-state index in [0.717, 1.165) is 87.9 Å². The molecule has 0 unspecified atom stereocenters. The van der Waals surface area contributed by atoms with Gasteiger partial charge in [-0.05, 0) is 207 Å². The number of nitrogens with one attached hydrogen (secondary N) is 2. The molecule has 0 saturated heterocycles. The average Bonchev–Trinajstić information content (AvgIpc) is 1.64. The summed E-state index contributed by atoms with van der Waals surface area (Å²) in [7, 11) is 5.62. The molecule has 0 aliphatic heterocycles. The quantitative estimate of drug-likeness (QED) is 0.0849. The minimum absolute atomic E-state index is 0.259. The molecule has 8 N–H and O–H groups in total. The van der Waals surface area contributed by atoms with Gasteiger partial charge in [-0.2, -0.15) is 27.1 Å². The minimum atomic E-state index is 0.259. The molecule has 26 aromatic rings. The minimum Gasteiger partial charge on any atom is -0.461 e. The summed E-state index contributed by atoms with van der Waals surface area (Å²) in [6.45, 7) is 3.80. The summed E-state index contributed by atoms with van der Waals surface area (Å²) >= 11 is 36.6. The molecular weight excluding hydrogens is 1850 g/mol. The van der Waals surface area contributed by atoms with Gasteiger partial charge in [-0.1, -0.05) is 106 Å². The van der Waals surface area contributed by atoms with Crippen LogP contribution in [0.3, 0.4) is 0 Å². The molecule has 18 aromatic heterocycles. The van der Waals surface area contributed by atoms with Crippen LogP contribution < -0.4 is 32.7 Å². The number of benzene rings is 8. The molecule has 0 bridgehead atoms. The highest BCUT2D eigenvalue weighted by atomic mass is 35.5. The van der Waals surface area contributed by atoms with Gasteiger partial charge in [0.2, 0.25) is 70.6 Å². The fourth-order valence-corrected chi connectivity index (χ4v) is 15.8. The van der Waals surface area contributed by atoms with E-state index in [2.05, 4.69) is 96.0 Å². The largest absolute Gasteiger partial charge is 0.461 e. The lowest BCUT2D eigenvalue weighted by Crippen LogP contribution is -2.16. The zero-order chi connectivity index (χ0) is 92.6. The highest BCUT2D eigenvalue weighted by Gasteiger charge is 2.25. The third kappa shape index (κ3) is 16.6. The summed E-state index contributed by atoms with van der Waals surface area (Å²) in [6, 6.07) is 68.5. The molecular formula is C93H64Cl6N30O6. The second-order valence-corrected chi connectivity index (χ2v) is 32.9. The van der Waals surface area contributed by atoms with Crippen LogP contribution in [0.4, 0.5) is 41.4 Å².